The van der Waals surface area contributed by atoms with Crippen LogP contribution in [0.25, 0.3) is 0 Å². The van der Waals surface area contributed by atoms with Gasteiger partial charge in [-0.1, -0.05) is 6.07 Å². The highest BCUT2D eigenvalue weighted by Gasteiger charge is 1.96. The summed E-state index contributed by atoms with van der Waals surface area (Å²) in [5, 5.41) is 3.11. The maximum atomic E-state index is 5.34. The summed E-state index contributed by atoms with van der Waals surface area (Å²) in [6, 6.07) is 5.62. The van der Waals surface area contributed by atoms with Gasteiger partial charge in [0.2, 0.25) is 5.88 Å². The van der Waals surface area contributed by atoms with Crippen LogP contribution < -0.4 is 10.1 Å². The van der Waals surface area contributed by atoms with Crippen molar-refractivity contribution in [1.82, 2.24) is 4.98 Å². The van der Waals surface area contributed by atoms with Crippen LogP contribution in [0, 0.1) is 12.3 Å². The lowest BCUT2D eigenvalue weighted by atomic mass is 10.4. The molecule has 1 heterocycles. The minimum Gasteiger partial charge on any atom is -0.477 e. The smallest absolute Gasteiger partial charge is 0.215 e. The summed E-state index contributed by atoms with van der Waals surface area (Å²) in [6.07, 6.45) is 5.71. The third kappa shape index (κ3) is 3.36. The van der Waals surface area contributed by atoms with Gasteiger partial charge in [0.1, 0.15) is 12.4 Å². The molecule has 0 aromatic carbocycles. The van der Waals surface area contributed by atoms with Gasteiger partial charge in [0.25, 0.3) is 0 Å². The summed E-state index contributed by atoms with van der Waals surface area (Å²) in [7, 11) is 0. The van der Waals surface area contributed by atoms with Gasteiger partial charge < -0.3 is 10.1 Å². The molecule has 0 radical (unpaired) electrons. The van der Waals surface area contributed by atoms with Gasteiger partial charge >= 0.3 is 0 Å². The predicted molar refractivity (Wildman–Crippen MR) is 57.3 cm³/mol. The van der Waals surface area contributed by atoms with E-state index in [1.165, 1.54) is 0 Å². The van der Waals surface area contributed by atoms with Gasteiger partial charge in [0.05, 0.1) is 0 Å². The molecule has 0 spiro atoms. The summed E-state index contributed by atoms with van der Waals surface area (Å²) in [6.45, 7) is 3.38. The van der Waals surface area contributed by atoms with Crippen LogP contribution in [-0.4, -0.2) is 18.1 Å². The highest BCUT2D eigenvalue weighted by Crippen LogP contribution is 2.10. The summed E-state index contributed by atoms with van der Waals surface area (Å²) in [5.74, 6) is 3.94. The Morgan fingerprint density at radius 3 is 3.14 bits per heavy atom. The van der Waals surface area contributed by atoms with Gasteiger partial charge in [-0.25, -0.2) is 0 Å². The Balaban J connectivity index is 2.51. The third-order valence-corrected chi connectivity index (χ3v) is 1.58. The van der Waals surface area contributed by atoms with Crippen LogP contribution in [0.15, 0.2) is 18.2 Å². The zero-order chi connectivity index (χ0) is 10.2. The predicted octanol–water partition coefficient (Wildman–Crippen LogP) is 1.92. The Morgan fingerprint density at radius 1 is 1.57 bits per heavy atom. The average molecular weight is 190 g/mol. The first-order valence-electron chi connectivity index (χ1n) is 4.64. The molecule has 0 fully saturated rings. The zero-order valence-corrected chi connectivity index (χ0v) is 8.29. The first kappa shape index (κ1) is 10.4. The standard InChI is InChI=1S/C11H14N2O/c1-3-5-9-14-11-8-6-7-10(13-11)12-4-2/h1,6-8H,4-5,9H2,2H3,(H,12,13). The van der Waals surface area contributed by atoms with E-state index >= 15 is 0 Å². The lowest BCUT2D eigenvalue weighted by Gasteiger charge is -2.05. The van der Waals surface area contributed by atoms with Gasteiger partial charge in [-0.15, -0.1) is 12.3 Å². The molecule has 0 saturated heterocycles. The topological polar surface area (TPSA) is 34.1 Å². The Morgan fingerprint density at radius 2 is 2.43 bits per heavy atom. The Hall–Kier alpha value is -1.69. The van der Waals surface area contributed by atoms with Crippen molar-refractivity contribution in [2.24, 2.45) is 0 Å². The van der Waals surface area contributed by atoms with Crippen molar-refractivity contribution < 1.29 is 4.74 Å². The Kier molecular flexibility index (Phi) is 4.36. The van der Waals surface area contributed by atoms with E-state index in [-0.39, 0.29) is 0 Å². The molecule has 0 amide bonds. The first-order chi connectivity index (χ1) is 6.86. The van der Waals surface area contributed by atoms with Crippen LogP contribution in [0.4, 0.5) is 5.82 Å². The summed E-state index contributed by atoms with van der Waals surface area (Å²) >= 11 is 0. The van der Waals surface area contributed by atoms with E-state index in [2.05, 4.69) is 16.2 Å². The molecular formula is C11H14N2O. The normalized spacial score (nSPS) is 9.14. The number of anilines is 1. The molecule has 0 aliphatic rings. The van der Waals surface area contributed by atoms with Crippen molar-refractivity contribution in [1.29, 1.82) is 0 Å². The number of hydrogen-bond donors (Lipinski definition) is 1. The minimum absolute atomic E-state index is 0.513. The fraction of sp³-hybridized carbons (Fsp3) is 0.364. The molecule has 0 aliphatic carbocycles. The van der Waals surface area contributed by atoms with E-state index < -0.39 is 0 Å². The Bertz CT molecular complexity index is 317. The molecule has 3 nitrogen and oxygen atoms in total. The van der Waals surface area contributed by atoms with Crippen LogP contribution in [0.1, 0.15) is 13.3 Å². The molecule has 0 atom stereocenters. The summed E-state index contributed by atoms with van der Waals surface area (Å²) in [5.41, 5.74) is 0. The van der Waals surface area contributed by atoms with Crippen LogP contribution >= 0.6 is 0 Å². The SMILES string of the molecule is C#CCCOc1cccc(NCC)n1. The monoisotopic (exact) mass is 190 g/mol. The second-order valence-corrected chi connectivity index (χ2v) is 2.69. The third-order valence-electron chi connectivity index (χ3n) is 1.58. The van der Waals surface area contributed by atoms with Crippen molar-refractivity contribution in [3.63, 3.8) is 0 Å². The number of aromatic nitrogens is 1. The van der Waals surface area contributed by atoms with E-state index in [1.54, 1.807) is 0 Å². The molecular weight excluding hydrogens is 176 g/mol. The maximum absolute atomic E-state index is 5.34. The second-order valence-electron chi connectivity index (χ2n) is 2.69. The molecule has 0 bridgehead atoms. The van der Waals surface area contributed by atoms with E-state index in [9.17, 15) is 0 Å². The van der Waals surface area contributed by atoms with Crippen LogP contribution in [0.5, 0.6) is 5.88 Å². The van der Waals surface area contributed by atoms with Crippen molar-refractivity contribution in [3.8, 4) is 18.2 Å². The number of nitrogens with one attached hydrogen (secondary N) is 1. The van der Waals surface area contributed by atoms with Crippen LogP contribution in [-0.2, 0) is 0 Å². The lowest BCUT2D eigenvalue weighted by molar-refractivity contribution is 0.315. The summed E-state index contributed by atoms with van der Waals surface area (Å²) in [4.78, 5) is 4.23. The number of nitrogens with zero attached hydrogens (tertiary/aromatic N) is 1. The van der Waals surface area contributed by atoms with Gasteiger partial charge in [0, 0.05) is 19.0 Å². The van der Waals surface area contributed by atoms with Crippen molar-refractivity contribution in [3.05, 3.63) is 18.2 Å². The van der Waals surface area contributed by atoms with Crippen molar-refractivity contribution in [2.75, 3.05) is 18.5 Å². The molecule has 1 aromatic heterocycles. The van der Waals surface area contributed by atoms with E-state index in [0.717, 1.165) is 12.4 Å². The van der Waals surface area contributed by atoms with Gasteiger partial charge in [-0.2, -0.15) is 4.98 Å². The average Bonchev–Trinajstić information content (AvgIpc) is 2.19. The quantitative estimate of drug-likeness (QED) is 0.569. The molecule has 1 aromatic rings. The molecule has 1 rings (SSSR count). The number of ether oxygens (including phenoxy) is 1. The minimum atomic E-state index is 0.513. The maximum Gasteiger partial charge on any atom is 0.215 e. The highest BCUT2D eigenvalue weighted by molar-refractivity contribution is 5.36. The number of hydrogen-bond acceptors (Lipinski definition) is 3. The van der Waals surface area contributed by atoms with E-state index in [0.29, 0.717) is 18.9 Å². The molecule has 74 valence electrons. The van der Waals surface area contributed by atoms with Gasteiger partial charge in [0.15, 0.2) is 0 Å². The van der Waals surface area contributed by atoms with Crippen LogP contribution in [0.3, 0.4) is 0 Å². The number of rotatable bonds is 5. The van der Waals surface area contributed by atoms with Gasteiger partial charge in [-0.05, 0) is 13.0 Å². The number of terminal acetylenes is 1. The highest BCUT2D eigenvalue weighted by atomic mass is 16.5. The fourth-order valence-corrected chi connectivity index (χ4v) is 0.989. The van der Waals surface area contributed by atoms with Crippen molar-refractivity contribution in [2.45, 2.75) is 13.3 Å². The zero-order valence-electron chi connectivity index (χ0n) is 8.29. The summed E-state index contributed by atoms with van der Waals surface area (Å²) < 4.78 is 5.34. The lowest BCUT2D eigenvalue weighted by Crippen LogP contribution is -2.02. The van der Waals surface area contributed by atoms with Crippen LogP contribution in [0.2, 0.25) is 0 Å². The second kappa shape index (κ2) is 5.87. The van der Waals surface area contributed by atoms with Crippen molar-refractivity contribution >= 4 is 5.82 Å². The first-order valence-corrected chi connectivity index (χ1v) is 4.64. The molecule has 1 N–H and O–H groups in total. The molecule has 0 saturated carbocycles. The Labute approximate surface area is 84.5 Å². The molecule has 0 aliphatic heterocycles. The van der Waals surface area contributed by atoms with E-state index in [4.69, 9.17) is 11.2 Å². The fourth-order valence-electron chi connectivity index (χ4n) is 0.989. The molecule has 3 heteroatoms. The van der Waals surface area contributed by atoms with Gasteiger partial charge in [-0.3, -0.25) is 0 Å². The van der Waals surface area contributed by atoms with E-state index in [1.807, 2.05) is 25.1 Å². The molecule has 0 unspecified atom stereocenters. The largest absolute Gasteiger partial charge is 0.477 e. The molecule has 14 heavy (non-hydrogen) atoms. The number of pyridine rings is 1.